The molecular weight excluding hydrogens is 1210 g/mol. The summed E-state index contributed by atoms with van der Waals surface area (Å²) in [6, 6.07) is 41.0. The number of benzene rings is 4. The normalized spacial score (nSPS) is 10.2. The molecule has 0 spiro atoms. The number of para-hydroxylation sites is 2. The summed E-state index contributed by atoms with van der Waals surface area (Å²) in [6.45, 7) is 6.89. The van der Waals surface area contributed by atoms with E-state index >= 15 is 0 Å². The summed E-state index contributed by atoms with van der Waals surface area (Å²) >= 11 is 0. The first-order valence-corrected chi connectivity index (χ1v) is 19.3. The Labute approximate surface area is 406 Å². The molecule has 4 aromatic carbocycles. The van der Waals surface area contributed by atoms with Crippen molar-refractivity contribution < 1.29 is 59.7 Å². The number of rotatable bonds is 4. The van der Waals surface area contributed by atoms with Gasteiger partial charge in [-0.2, -0.15) is 5.26 Å². The molecular formula is C50H34F4N10Pt2. The second-order valence-electron chi connectivity index (χ2n) is 14.3. The van der Waals surface area contributed by atoms with Crippen molar-refractivity contribution in [3.63, 3.8) is 0 Å². The number of fused-ring (bicyclic) bond motifs is 6. The van der Waals surface area contributed by atoms with Gasteiger partial charge in [0.25, 0.3) is 0 Å². The van der Waals surface area contributed by atoms with E-state index in [1.165, 1.54) is 0 Å². The second kappa shape index (κ2) is 22.6. The van der Waals surface area contributed by atoms with E-state index in [2.05, 4.69) is 46.9 Å². The van der Waals surface area contributed by atoms with Crippen molar-refractivity contribution in [2.24, 2.45) is 0 Å². The van der Waals surface area contributed by atoms with E-state index in [0.29, 0.717) is 34.2 Å². The minimum atomic E-state index is -0.657. The summed E-state index contributed by atoms with van der Waals surface area (Å²) in [7, 11) is 7.56. The van der Waals surface area contributed by atoms with E-state index in [-0.39, 0.29) is 53.3 Å². The van der Waals surface area contributed by atoms with E-state index < -0.39 is 23.3 Å². The molecule has 0 bridgehead atoms. The standard InChI is InChI=1S/2C13H11F2N2.2C12H6N3.2Pt/c2*1-17(2)10-4-6-13(16-8-10)11-5-3-9(14)7-12(11)15;1-13-11-7-6-9-8-4-2-3-5-10(8)14-12(9)15-11;13-7-8-5-6-10-9-3-1-2-4-11(9)15-12(10)14-8;;/h2*3-4,6-8H,1-2H3;2-7H;1-6H;;/q4*-1;2*+2. The summed E-state index contributed by atoms with van der Waals surface area (Å²) < 4.78 is 52.4. The number of pyridine rings is 4. The maximum atomic E-state index is 13.5. The first-order chi connectivity index (χ1) is 30.9. The molecule has 66 heavy (non-hydrogen) atoms. The van der Waals surface area contributed by atoms with Crippen LogP contribution >= 0.6 is 0 Å². The van der Waals surface area contributed by atoms with Crippen LogP contribution in [0.5, 0.6) is 0 Å². The van der Waals surface area contributed by atoms with Crippen molar-refractivity contribution >= 4 is 61.1 Å². The fraction of sp³-hybridized carbons (Fsp3) is 0.0800. The van der Waals surface area contributed by atoms with Gasteiger partial charge in [-0.05, 0) is 67.8 Å². The van der Waals surface area contributed by atoms with Crippen LogP contribution in [0, 0.1) is 53.3 Å². The fourth-order valence-corrected chi connectivity index (χ4v) is 6.31. The van der Waals surface area contributed by atoms with Gasteiger partial charge in [-0.3, -0.25) is 17.6 Å². The van der Waals surface area contributed by atoms with E-state index in [0.717, 1.165) is 68.2 Å². The van der Waals surface area contributed by atoms with Gasteiger partial charge in [0.1, 0.15) is 0 Å². The summed E-state index contributed by atoms with van der Waals surface area (Å²) in [4.78, 5) is 32.4. The van der Waals surface area contributed by atoms with Gasteiger partial charge in [0.2, 0.25) is 0 Å². The molecule has 0 aliphatic heterocycles. The zero-order valence-corrected chi connectivity index (χ0v) is 39.9. The number of aromatic nitrogens is 6. The molecule has 0 fully saturated rings. The Morgan fingerprint density at radius 1 is 0.591 bits per heavy atom. The van der Waals surface area contributed by atoms with Crippen LogP contribution in [0.3, 0.4) is 0 Å². The van der Waals surface area contributed by atoms with Crippen LogP contribution in [0.1, 0.15) is 5.69 Å². The topological polar surface area (TPSA) is 114 Å². The molecule has 0 radical (unpaired) electrons. The first-order valence-electron chi connectivity index (χ1n) is 19.3. The van der Waals surface area contributed by atoms with E-state index in [9.17, 15) is 17.6 Å². The largest absolute Gasteiger partial charge is 2.00 e. The molecule has 10 rings (SSSR count). The van der Waals surface area contributed by atoms with Gasteiger partial charge < -0.3 is 44.5 Å². The number of hydrogen-bond donors (Lipinski definition) is 0. The zero-order chi connectivity index (χ0) is 45.3. The smallest absolute Gasteiger partial charge is 0.481 e. The van der Waals surface area contributed by atoms with Gasteiger partial charge in [-0.1, -0.05) is 114 Å². The molecule has 10 nitrogen and oxygen atoms in total. The predicted molar refractivity (Wildman–Crippen MR) is 242 cm³/mol. The van der Waals surface area contributed by atoms with Crippen molar-refractivity contribution in [1.82, 2.24) is 29.9 Å². The molecule has 0 amide bonds. The van der Waals surface area contributed by atoms with Crippen LogP contribution < -0.4 is 19.8 Å². The Morgan fingerprint density at radius 3 is 1.45 bits per heavy atom. The minimum Gasteiger partial charge on any atom is -0.481 e. The molecule has 6 heterocycles. The zero-order valence-electron chi connectivity index (χ0n) is 35.3. The van der Waals surface area contributed by atoms with Crippen molar-refractivity contribution in [3.8, 4) is 28.6 Å². The summed E-state index contributed by atoms with van der Waals surface area (Å²) in [5, 5.41) is 12.9. The Kier molecular flexibility index (Phi) is 17.0. The van der Waals surface area contributed by atoms with Crippen LogP contribution in [0.2, 0.25) is 0 Å². The van der Waals surface area contributed by atoms with Gasteiger partial charge in [-0.15, -0.1) is 24.3 Å². The molecule has 0 unspecified atom stereocenters. The van der Waals surface area contributed by atoms with E-state index in [1.54, 1.807) is 36.7 Å². The number of anilines is 2. The van der Waals surface area contributed by atoms with Gasteiger partial charge in [-0.25, -0.2) is 0 Å². The van der Waals surface area contributed by atoms with Crippen molar-refractivity contribution in [2.45, 2.75) is 0 Å². The third kappa shape index (κ3) is 11.7. The Hall–Kier alpha value is -7.24. The summed E-state index contributed by atoms with van der Waals surface area (Å²) in [6.07, 6.45) is 3.26. The average molecular weight is 1240 g/mol. The van der Waals surface area contributed by atoms with Crippen molar-refractivity contribution in [3.05, 3.63) is 186 Å². The van der Waals surface area contributed by atoms with E-state index in [1.807, 2.05) is 117 Å². The summed E-state index contributed by atoms with van der Waals surface area (Å²) in [5.41, 5.74) is 6.63. The van der Waals surface area contributed by atoms with E-state index in [4.69, 9.17) is 11.8 Å². The SMILES string of the molecule is CN(C)c1ccc(-c2[c-]cc(F)cc2F)nc1.CN(C)c1ccc(-c2[c-]cc(F)cc2F)nc1.N#Cc1ccc2c(n1)[n-]c1ccccc12.[C-]#[N+]c1ccc2c(n1)[n-]c1ccccc12.[Pt+2].[Pt+2]. The Bertz CT molecular complexity index is 3100. The Balaban J connectivity index is 0.000000163. The minimum absolute atomic E-state index is 0. The van der Waals surface area contributed by atoms with Crippen LogP contribution in [-0.2, 0) is 42.1 Å². The van der Waals surface area contributed by atoms with Crippen LogP contribution in [0.15, 0.2) is 134 Å². The van der Waals surface area contributed by atoms with Gasteiger partial charge in [0.05, 0.1) is 23.3 Å². The molecule has 0 N–H and O–H groups in total. The quantitative estimate of drug-likeness (QED) is 0.126. The molecule has 332 valence electrons. The average Bonchev–Trinajstić information content (AvgIpc) is 3.87. The number of nitrogens with zero attached hydrogens (tertiary/aromatic N) is 10. The fourth-order valence-electron chi connectivity index (χ4n) is 6.31. The van der Waals surface area contributed by atoms with Gasteiger partial charge in [0, 0.05) is 69.5 Å². The summed E-state index contributed by atoms with van der Waals surface area (Å²) in [5.74, 6) is -2.21. The monoisotopic (exact) mass is 1240 g/mol. The number of hydrogen-bond acceptors (Lipinski definition) is 7. The number of nitriles is 1. The van der Waals surface area contributed by atoms with Crippen LogP contribution in [-0.4, -0.2) is 48.1 Å². The maximum Gasteiger partial charge on any atom is 2.00 e. The molecule has 0 aliphatic carbocycles. The molecule has 0 saturated heterocycles. The molecule has 10 aromatic rings. The third-order valence-corrected chi connectivity index (χ3v) is 9.56. The van der Waals surface area contributed by atoms with Crippen molar-refractivity contribution in [1.29, 1.82) is 5.26 Å². The van der Waals surface area contributed by atoms with Gasteiger partial charge >= 0.3 is 42.1 Å². The molecule has 16 heteroatoms. The van der Waals surface area contributed by atoms with Gasteiger partial charge in [0.15, 0.2) is 0 Å². The van der Waals surface area contributed by atoms with Crippen molar-refractivity contribution in [2.75, 3.05) is 38.0 Å². The molecule has 0 saturated carbocycles. The Morgan fingerprint density at radius 2 is 1.05 bits per heavy atom. The third-order valence-electron chi connectivity index (χ3n) is 9.56. The predicted octanol–water partition coefficient (Wildman–Crippen LogP) is 10.9. The molecule has 6 aromatic heterocycles. The van der Waals surface area contributed by atoms with Crippen LogP contribution in [0.4, 0.5) is 34.8 Å². The molecule has 0 atom stereocenters. The molecule has 0 aliphatic rings. The number of halogens is 4. The first kappa shape index (κ1) is 49.8. The maximum absolute atomic E-state index is 13.5. The second-order valence-corrected chi connectivity index (χ2v) is 14.3. The van der Waals surface area contributed by atoms with Crippen LogP contribution in [0.25, 0.3) is 71.2 Å².